The van der Waals surface area contributed by atoms with Crippen molar-refractivity contribution in [1.29, 1.82) is 0 Å². The monoisotopic (exact) mass is 2080 g/mol. The van der Waals surface area contributed by atoms with Crippen LogP contribution in [0.25, 0.3) is 0 Å². The van der Waals surface area contributed by atoms with Crippen molar-refractivity contribution < 1.29 is 139 Å². The Balaban J connectivity index is 0.921. The van der Waals surface area contributed by atoms with E-state index in [0.29, 0.717) is 201 Å². The number of aliphatic carboxylic acids is 2. The molecule has 3 heterocycles. The van der Waals surface area contributed by atoms with E-state index in [4.69, 9.17) is 87.2 Å². The predicted octanol–water partition coefficient (Wildman–Crippen LogP) is 3.72. The Kier molecular flexibility index (Phi) is 66.5. The Morgan fingerprint density at radius 2 is 1.11 bits per heavy atom. The zero-order chi connectivity index (χ0) is 104. The number of aromatic nitrogens is 1. The number of methoxy groups -OCH3 is 2. The lowest BCUT2D eigenvalue weighted by Crippen LogP contribution is -2.59. The number of rotatable bonds is 84. The van der Waals surface area contributed by atoms with Crippen LogP contribution in [0.3, 0.4) is 0 Å². The zero-order valence-electron chi connectivity index (χ0n) is 85.1. The molecule has 0 radical (unpaired) electrons. The van der Waals surface area contributed by atoms with Gasteiger partial charge in [0.15, 0.2) is 0 Å². The fourth-order valence-electron chi connectivity index (χ4n) is 15.4. The Labute approximate surface area is 847 Å². The Morgan fingerprint density at radius 3 is 1.60 bits per heavy atom. The summed E-state index contributed by atoms with van der Waals surface area (Å²) in [6.45, 7) is 24.3. The molecule has 46 heteroatoms. The van der Waals surface area contributed by atoms with Crippen LogP contribution in [-0.4, -0.2) is 440 Å². The normalized spacial score (nSPS) is 16.0. The second kappa shape index (κ2) is 74.4. The summed E-state index contributed by atoms with van der Waals surface area (Å²) in [6, 6.07) is 4.48. The van der Waals surface area contributed by atoms with Gasteiger partial charge in [-0.2, -0.15) is 0 Å². The summed E-state index contributed by atoms with van der Waals surface area (Å²) >= 11 is 2.44. The van der Waals surface area contributed by atoms with Crippen molar-refractivity contribution in [3.8, 4) is 0 Å². The number of ether oxygens (including phenoxy) is 14. The van der Waals surface area contributed by atoms with E-state index < -0.39 is 108 Å². The lowest BCUT2D eigenvalue weighted by Gasteiger charge is -2.41. The van der Waals surface area contributed by atoms with Gasteiger partial charge in [-0.25, -0.2) is 4.98 Å². The number of nitrogens with zero attached hydrogens (tertiary/aromatic N) is 7. The number of nitrogens with one attached hydrogen (secondary N) is 5. The number of likely N-dealkylation sites (N-methyl/N-ethyl adjacent to an activating group) is 2. The number of likely N-dealkylation sites (tertiary alicyclic amines) is 2. The quantitative estimate of drug-likeness (QED) is 0.0266. The molecule has 1 aromatic heterocycles. The first-order valence-electron chi connectivity index (χ1n) is 48.7. The number of hydrogen-bond donors (Lipinski definition) is 8. The lowest BCUT2D eigenvalue weighted by molar-refractivity contribution is -0.148. The van der Waals surface area contributed by atoms with Crippen LogP contribution in [0.5, 0.6) is 0 Å². The Bertz CT molecular complexity index is 3930. The minimum atomic E-state index is -1.29. The number of thiazole rings is 1. The second-order valence-electron chi connectivity index (χ2n) is 35.0. The molecule has 1 unspecified atom stereocenters. The summed E-state index contributed by atoms with van der Waals surface area (Å²) in [5.74, 6) is -5.77. The van der Waals surface area contributed by atoms with Crippen LogP contribution in [0, 0.1) is 23.7 Å². The summed E-state index contributed by atoms with van der Waals surface area (Å²) in [5.41, 5.74) is 6.66. The molecule has 0 saturated carbocycles. The molecular formula is C95H161N13O29S4. The van der Waals surface area contributed by atoms with Crippen molar-refractivity contribution in [3.05, 3.63) is 52.0 Å². The van der Waals surface area contributed by atoms with Crippen LogP contribution in [0.15, 0.2) is 35.7 Å². The molecule has 2 aromatic rings. The molecular weight excluding hydrogens is 1920 g/mol. The molecule has 11 amide bonds. The summed E-state index contributed by atoms with van der Waals surface area (Å²) in [7, 11) is 15.3. The van der Waals surface area contributed by atoms with Crippen LogP contribution >= 0.6 is 44.7 Å². The number of hydrogen-bond acceptors (Lipinski definition) is 34. The number of amides is 11. The van der Waals surface area contributed by atoms with Crippen LogP contribution in [0.1, 0.15) is 146 Å². The molecule has 0 aliphatic carbocycles. The molecule has 12 atom stereocenters. The lowest BCUT2D eigenvalue weighted by atomic mass is 9.89. The molecule has 2 fully saturated rings. The molecule has 804 valence electrons. The van der Waals surface area contributed by atoms with E-state index in [1.165, 1.54) is 11.3 Å². The number of thioether (sulfide) groups is 1. The highest BCUT2D eigenvalue weighted by Gasteiger charge is 2.45. The molecule has 141 heavy (non-hydrogen) atoms. The number of carbonyl (C=O) groups is 13. The molecule has 0 spiro atoms. The Hall–Kier alpha value is -7.43. The van der Waals surface area contributed by atoms with Gasteiger partial charge in [-0.1, -0.05) is 107 Å². The topological polar surface area (TPSA) is 510 Å². The molecule has 42 nitrogen and oxygen atoms in total. The van der Waals surface area contributed by atoms with E-state index in [1.54, 1.807) is 88.9 Å². The maximum atomic E-state index is 14.7. The van der Waals surface area contributed by atoms with Gasteiger partial charge in [0.05, 0.1) is 219 Å². The van der Waals surface area contributed by atoms with Crippen LogP contribution in [0.2, 0.25) is 0 Å². The van der Waals surface area contributed by atoms with Crippen molar-refractivity contribution in [2.75, 3.05) is 265 Å². The van der Waals surface area contributed by atoms with E-state index in [2.05, 4.69) is 26.6 Å². The van der Waals surface area contributed by atoms with E-state index in [-0.39, 0.29) is 155 Å². The van der Waals surface area contributed by atoms with Gasteiger partial charge in [0, 0.05) is 123 Å². The van der Waals surface area contributed by atoms with Gasteiger partial charge in [0.2, 0.25) is 59.1 Å². The standard InChI is InChI=1S/C95H161N13O29S4/c1-15-68(6)86(106(12)94(121)84(66(2)3)102-90(118)85(67(4)5)103(8)9)76(124-13)63-81(112)107-31-19-22-75(107)87(125-14)69(7)88(116)100-73(62-70-20-17-16-18-21-70)91-101-74(65-139-91)92(119)105(11)34-61-141-140-60-33-104(10)80(111)28-35-126-37-39-128-41-43-130-45-47-132-49-51-134-53-55-136-57-58-137-56-54-135-52-50-133-48-46-131-44-42-129-40-38-127-36-29-97-78(109)27-32-108-82(113)64-77(93(108)120)138-59-30-98-89(117)72(24-26-83(114)115)99-79(110)25-23-71(96)95(122)123/h16-18,20-21,65-69,71-73,75-77,84-87H,15,19,22-64,96H2,1-14H3,(H,97,109)(H,98,117)(H,99,110)(H,100,116)(H,102,118)(H,114,115)(H,122,123)/t68-,69+,71-,72-,73-,75-,76+,77?,84-,85-,86+,87+/m0/s1. The minimum Gasteiger partial charge on any atom is -0.481 e. The van der Waals surface area contributed by atoms with E-state index >= 15 is 0 Å². The SMILES string of the molecule is CC[C@H](C)[C@H]([C@@H](CC(=O)N1CCC[C@H]1[C@H](OC)[C@@H](C)C(=O)N[C@@H](Cc1ccccc1)c1nc(C(=O)N(C)CCSSCCN(C)C(=O)CCOCCOCCOCCOCCOCCOCCOCCOCCOCCOCCOCCOCCNC(=O)CCN2C(=O)CC(SCCNC(=O)[C@H](CCC(=O)O)NC(=O)CC[C@H](N)C(=O)O)C2=O)cs1)OC)N(C)C(=O)[C@@H](NC(=O)[C@H](C(C)C)N(C)C)C(C)C. The average molecular weight is 2080 g/mol. The fraction of sp³-hybridized carbons (Fsp3) is 0.768. The average Bonchev–Trinajstić information content (AvgIpc) is 1.80. The summed E-state index contributed by atoms with van der Waals surface area (Å²) < 4.78 is 79.0. The Morgan fingerprint density at radius 1 is 0.582 bits per heavy atom. The van der Waals surface area contributed by atoms with E-state index in [1.807, 2.05) is 90.9 Å². The van der Waals surface area contributed by atoms with E-state index in [0.717, 1.165) is 22.2 Å². The van der Waals surface area contributed by atoms with Crippen LogP contribution in [0.4, 0.5) is 0 Å². The second-order valence-corrected chi connectivity index (χ2v) is 39.9. The predicted molar refractivity (Wildman–Crippen MR) is 534 cm³/mol. The number of carboxylic acid groups (broad SMARTS) is 2. The molecule has 0 bridgehead atoms. The number of imide groups is 1. The fourth-order valence-corrected chi connectivity index (χ4v) is 19.3. The van der Waals surface area contributed by atoms with Crippen molar-refractivity contribution in [2.45, 2.75) is 185 Å². The molecule has 2 aliphatic rings. The number of carboxylic acids is 2. The smallest absolute Gasteiger partial charge is 0.320 e. The number of benzene rings is 1. The minimum absolute atomic E-state index is 0.00718. The summed E-state index contributed by atoms with van der Waals surface area (Å²) in [4.78, 5) is 184. The molecule has 2 aliphatic heterocycles. The third-order valence-electron chi connectivity index (χ3n) is 23.4. The maximum absolute atomic E-state index is 14.7. The summed E-state index contributed by atoms with van der Waals surface area (Å²) in [5, 5.41) is 33.6. The number of nitrogens with two attached hydrogens (primary N) is 1. The highest BCUT2D eigenvalue weighted by Crippen LogP contribution is 2.33. The first kappa shape index (κ1) is 126. The van der Waals surface area contributed by atoms with Gasteiger partial charge in [-0.05, 0) is 69.5 Å². The first-order chi connectivity index (χ1) is 67.7. The third kappa shape index (κ3) is 51.0. The molecule has 1 aromatic carbocycles. The number of carbonyl (C=O) groups excluding carboxylic acids is 11. The third-order valence-corrected chi connectivity index (χ3v) is 27.9. The maximum Gasteiger partial charge on any atom is 0.320 e. The van der Waals surface area contributed by atoms with Crippen molar-refractivity contribution in [1.82, 2.24) is 61.0 Å². The van der Waals surface area contributed by atoms with Crippen LogP contribution in [-0.2, 0) is 130 Å². The van der Waals surface area contributed by atoms with Crippen molar-refractivity contribution in [3.63, 3.8) is 0 Å². The van der Waals surface area contributed by atoms with Gasteiger partial charge in [-0.15, -0.1) is 23.1 Å². The molecule has 4 rings (SSSR count). The van der Waals surface area contributed by atoms with Gasteiger partial charge in [0.1, 0.15) is 28.8 Å². The highest BCUT2D eigenvalue weighted by atomic mass is 33.1. The molecule has 2 saturated heterocycles. The van der Waals surface area contributed by atoms with Crippen LogP contribution < -0.4 is 32.3 Å². The van der Waals surface area contributed by atoms with Gasteiger partial charge >= 0.3 is 11.9 Å². The van der Waals surface area contributed by atoms with Gasteiger partial charge < -0.3 is 128 Å². The van der Waals surface area contributed by atoms with E-state index in [9.17, 15) is 62.3 Å². The van der Waals surface area contributed by atoms with Gasteiger partial charge in [-0.3, -0.25) is 72.1 Å². The zero-order valence-corrected chi connectivity index (χ0v) is 88.4. The van der Waals surface area contributed by atoms with Gasteiger partial charge in [0.25, 0.3) is 5.91 Å². The van der Waals surface area contributed by atoms with Crippen molar-refractivity contribution in [2.24, 2.45) is 29.4 Å². The first-order valence-corrected chi connectivity index (χ1v) is 53.1. The summed E-state index contributed by atoms with van der Waals surface area (Å²) in [6.07, 6.45) is -0.0331. The van der Waals surface area contributed by atoms with Crippen molar-refractivity contribution >= 4 is 122 Å². The largest absolute Gasteiger partial charge is 0.481 e. The molecule has 9 N–H and O–H groups in total. The highest BCUT2D eigenvalue weighted by molar-refractivity contribution is 8.76.